The zero-order valence-corrected chi connectivity index (χ0v) is 9.28. The van der Waals surface area contributed by atoms with Crippen LogP contribution in [-0.4, -0.2) is 16.3 Å². The van der Waals surface area contributed by atoms with Crippen LogP contribution in [0.3, 0.4) is 0 Å². The SMILES string of the molecule is CC/C=[CH]/[AlH2].CCCC. The molecule has 0 rings (SSSR count). The highest BCUT2D eigenvalue weighted by Crippen LogP contribution is 1.76. The van der Waals surface area contributed by atoms with E-state index in [4.69, 9.17) is 0 Å². The minimum atomic E-state index is 1.20. The van der Waals surface area contributed by atoms with Crippen LogP contribution in [0.25, 0.3) is 0 Å². The molecule has 0 amide bonds. The van der Waals surface area contributed by atoms with Gasteiger partial charge in [-0.2, -0.15) is 4.94 Å². The standard InChI is InChI=1S/C4H10.C4H7.Al.2H/c2*1-3-4-2;;;/h3-4H2,1-2H3;1,3H,4H2,2H3;;;. The van der Waals surface area contributed by atoms with Gasteiger partial charge in [0, 0.05) is 0 Å². The van der Waals surface area contributed by atoms with E-state index in [-0.39, 0.29) is 0 Å². The van der Waals surface area contributed by atoms with Gasteiger partial charge >= 0.3 is 0 Å². The van der Waals surface area contributed by atoms with Gasteiger partial charge in [0.25, 0.3) is 0 Å². The predicted octanol–water partition coefficient (Wildman–Crippen LogP) is 2.35. The van der Waals surface area contributed by atoms with Gasteiger partial charge in [0.2, 0.25) is 16.3 Å². The third-order valence-corrected chi connectivity index (χ3v) is 1.44. The molecule has 0 aliphatic rings. The fraction of sp³-hybridized carbons (Fsp3) is 0.750. The van der Waals surface area contributed by atoms with Crippen LogP contribution in [0.4, 0.5) is 0 Å². The molecule has 0 spiro atoms. The molecule has 0 fully saturated rings. The Labute approximate surface area is 67.8 Å². The summed E-state index contributed by atoms with van der Waals surface area (Å²) >= 11 is 1.22. The summed E-state index contributed by atoms with van der Waals surface area (Å²) in [6.07, 6.45) is 6.02. The van der Waals surface area contributed by atoms with Crippen LogP contribution in [0, 0.1) is 0 Å². The van der Waals surface area contributed by atoms with Gasteiger partial charge in [0.1, 0.15) is 0 Å². The van der Waals surface area contributed by atoms with Gasteiger partial charge in [-0.3, -0.25) is 0 Å². The molecule has 0 aromatic heterocycles. The van der Waals surface area contributed by atoms with Crippen LogP contribution in [0.15, 0.2) is 11.0 Å². The number of hydrogen-bond acceptors (Lipinski definition) is 0. The van der Waals surface area contributed by atoms with Crippen molar-refractivity contribution in [3.63, 3.8) is 0 Å². The van der Waals surface area contributed by atoms with Crippen LogP contribution in [0.2, 0.25) is 0 Å². The quantitative estimate of drug-likeness (QED) is 0.519. The molecule has 0 aliphatic heterocycles. The Morgan fingerprint density at radius 1 is 1.11 bits per heavy atom. The van der Waals surface area contributed by atoms with Crippen LogP contribution in [0.1, 0.15) is 40.0 Å². The summed E-state index contributed by atoms with van der Waals surface area (Å²) in [4.78, 5) is 2.19. The average molecular weight is 142 g/mol. The van der Waals surface area contributed by atoms with E-state index in [0.29, 0.717) is 0 Å². The molecule has 1 heteroatoms. The van der Waals surface area contributed by atoms with E-state index in [1.807, 2.05) is 0 Å². The first-order valence-electron chi connectivity index (χ1n) is 3.94. The van der Waals surface area contributed by atoms with Gasteiger partial charge in [0.05, 0.1) is 0 Å². The van der Waals surface area contributed by atoms with Gasteiger partial charge < -0.3 is 0 Å². The smallest absolute Gasteiger partial charge is 0.157 e. The monoisotopic (exact) mass is 142 g/mol. The largest absolute Gasteiger partial charge is 0.246 e. The molecule has 54 valence electrons. The van der Waals surface area contributed by atoms with Gasteiger partial charge in [-0.1, -0.05) is 33.6 Å². The summed E-state index contributed by atoms with van der Waals surface area (Å²) < 4.78 is 0. The topological polar surface area (TPSA) is 0 Å². The van der Waals surface area contributed by atoms with Gasteiger partial charge in [-0.15, -0.1) is 6.08 Å². The molecule has 0 heterocycles. The summed E-state index contributed by atoms with van der Waals surface area (Å²) in [6.45, 7) is 6.51. The van der Waals surface area contributed by atoms with E-state index in [9.17, 15) is 0 Å². The second-order valence-corrected chi connectivity index (χ2v) is 2.64. The molecule has 0 saturated carbocycles. The second-order valence-electron chi connectivity index (χ2n) is 1.98. The molecule has 0 radical (unpaired) electrons. The van der Waals surface area contributed by atoms with Crippen molar-refractivity contribution in [3.8, 4) is 0 Å². The van der Waals surface area contributed by atoms with Crippen molar-refractivity contribution in [2.45, 2.75) is 40.0 Å². The fourth-order valence-corrected chi connectivity index (χ4v) is 0.707. The van der Waals surface area contributed by atoms with Gasteiger partial charge in [0.15, 0.2) is 0 Å². The first-order chi connectivity index (χ1) is 4.33. The van der Waals surface area contributed by atoms with Crippen molar-refractivity contribution >= 4 is 16.3 Å². The Hall–Kier alpha value is 0.272. The first kappa shape index (κ1) is 12.0. The molecule has 0 aliphatic carbocycles. The molecular weight excluding hydrogens is 123 g/mol. The normalized spacial score (nSPS) is 8.78. The molecule has 0 aromatic carbocycles. The van der Waals surface area contributed by atoms with Crippen molar-refractivity contribution < 1.29 is 0 Å². The lowest BCUT2D eigenvalue weighted by atomic mass is 10.4. The zero-order valence-electron chi connectivity index (χ0n) is 7.28. The van der Waals surface area contributed by atoms with Crippen molar-refractivity contribution in [2.24, 2.45) is 0 Å². The van der Waals surface area contributed by atoms with E-state index in [1.165, 1.54) is 35.6 Å². The second kappa shape index (κ2) is 15.7. The Balaban J connectivity index is 0. The lowest BCUT2D eigenvalue weighted by molar-refractivity contribution is 0.886. The van der Waals surface area contributed by atoms with E-state index >= 15 is 0 Å². The Morgan fingerprint density at radius 3 is 1.56 bits per heavy atom. The van der Waals surface area contributed by atoms with E-state index in [0.717, 1.165) is 0 Å². The summed E-state index contributed by atoms with van der Waals surface area (Å²) in [5.74, 6) is 0. The number of hydrogen-bond donors (Lipinski definition) is 0. The maximum absolute atomic E-state index is 2.19. The molecule has 0 nitrogen and oxygen atoms in total. The van der Waals surface area contributed by atoms with Gasteiger partial charge in [-0.25, -0.2) is 0 Å². The molecule has 0 aromatic rings. The molecule has 0 unspecified atom stereocenters. The minimum absolute atomic E-state index is 1.20. The van der Waals surface area contributed by atoms with E-state index < -0.39 is 0 Å². The lowest BCUT2D eigenvalue weighted by Crippen LogP contribution is -1.49. The number of allylic oxidation sites excluding steroid dienone is 1. The van der Waals surface area contributed by atoms with Crippen molar-refractivity contribution in [3.05, 3.63) is 11.0 Å². The van der Waals surface area contributed by atoms with Crippen LogP contribution < -0.4 is 0 Å². The summed E-state index contributed by atoms with van der Waals surface area (Å²) in [6, 6.07) is 0. The maximum Gasteiger partial charge on any atom is 0.246 e. The van der Waals surface area contributed by atoms with Crippen molar-refractivity contribution in [1.29, 1.82) is 0 Å². The molecule has 0 atom stereocenters. The van der Waals surface area contributed by atoms with Crippen LogP contribution >= 0.6 is 0 Å². The van der Waals surface area contributed by atoms with E-state index in [1.54, 1.807) is 0 Å². The van der Waals surface area contributed by atoms with E-state index in [2.05, 4.69) is 31.8 Å². The zero-order chi connectivity index (χ0) is 7.54. The van der Waals surface area contributed by atoms with Crippen LogP contribution in [-0.2, 0) is 0 Å². The van der Waals surface area contributed by atoms with Crippen molar-refractivity contribution in [1.82, 2.24) is 0 Å². The average Bonchev–Trinajstić information content (AvgIpc) is 1.91. The van der Waals surface area contributed by atoms with Gasteiger partial charge in [-0.05, 0) is 6.42 Å². The fourth-order valence-electron chi connectivity index (χ4n) is 0.236. The predicted molar refractivity (Wildman–Crippen MR) is 48.6 cm³/mol. The third-order valence-electron chi connectivity index (χ3n) is 0.971. The molecule has 0 bridgehead atoms. The highest BCUT2D eigenvalue weighted by molar-refractivity contribution is 6.16. The molecular formula is C8H19Al. The van der Waals surface area contributed by atoms with Crippen molar-refractivity contribution in [2.75, 3.05) is 0 Å². The molecule has 0 saturated heterocycles. The Kier molecular flexibility index (Phi) is 21.0. The number of unbranched alkanes of at least 4 members (excludes halogenated alkanes) is 1. The maximum atomic E-state index is 2.19. The third kappa shape index (κ3) is 30.4. The highest BCUT2D eigenvalue weighted by atomic mass is 27.0. The lowest BCUT2D eigenvalue weighted by Gasteiger charge is -1.68. The Morgan fingerprint density at radius 2 is 1.56 bits per heavy atom. The summed E-state index contributed by atoms with van der Waals surface area (Å²) in [5, 5.41) is 0. The summed E-state index contributed by atoms with van der Waals surface area (Å²) in [5.41, 5.74) is 0. The first-order valence-corrected chi connectivity index (χ1v) is 5.09. The highest BCUT2D eigenvalue weighted by Gasteiger charge is 1.56. The van der Waals surface area contributed by atoms with Crippen LogP contribution in [0.5, 0.6) is 0 Å². The molecule has 0 N–H and O–H groups in total. The molecule has 9 heavy (non-hydrogen) atoms. The minimum Gasteiger partial charge on any atom is -0.157 e. The Bertz CT molecular complexity index is 46.5. The number of rotatable bonds is 2. The summed E-state index contributed by atoms with van der Waals surface area (Å²) in [7, 11) is 0.